The van der Waals surface area contributed by atoms with E-state index in [9.17, 15) is 14.4 Å². The lowest BCUT2D eigenvalue weighted by molar-refractivity contribution is -0.155. The average Bonchev–Trinajstić information content (AvgIpc) is 2.51. The Morgan fingerprint density at radius 3 is 2.33 bits per heavy atom. The molecule has 6 nitrogen and oxygen atoms in total. The summed E-state index contributed by atoms with van der Waals surface area (Å²) in [5, 5.41) is 0. The zero-order chi connectivity index (χ0) is 15.8. The van der Waals surface area contributed by atoms with Crippen LogP contribution in [0.2, 0.25) is 0 Å². The second-order valence-electron chi connectivity index (χ2n) is 5.40. The summed E-state index contributed by atoms with van der Waals surface area (Å²) in [6.45, 7) is 5.67. The first kappa shape index (κ1) is 17.5. The van der Waals surface area contributed by atoms with Crippen LogP contribution in [-0.4, -0.2) is 60.9 Å². The number of esters is 1. The third-order valence-corrected chi connectivity index (χ3v) is 3.78. The predicted octanol–water partition coefficient (Wildman–Crippen LogP) is 1.05. The predicted molar refractivity (Wildman–Crippen MR) is 78.5 cm³/mol. The van der Waals surface area contributed by atoms with E-state index in [-0.39, 0.29) is 11.9 Å². The van der Waals surface area contributed by atoms with Gasteiger partial charge in [-0.15, -0.1) is 0 Å². The van der Waals surface area contributed by atoms with Crippen molar-refractivity contribution in [1.29, 1.82) is 0 Å². The summed E-state index contributed by atoms with van der Waals surface area (Å²) in [6, 6.07) is 0. The van der Waals surface area contributed by atoms with Crippen LogP contribution in [0.3, 0.4) is 0 Å². The highest BCUT2D eigenvalue weighted by Crippen LogP contribution is 2.19. The monoisotopic (exact) mass is 298 g/mol. The summed E-state index contributed by atoms with van der Waals surface area (Å²) < 4.78 is 4.99. The molecule has 0 bridgehead atoms. The summed E-state index contributed by atoms with van der Waals surface area (Å²) in [6.07, 6.45) is 3.00. The molecule has 120 valence electrons. The minimum absolute atomic E-state index is 0.151. The lowest BCUT2D eigenvalue weighted by Gasteiger charge is -2.31. The third-order valence-electron chi connectivity index (χ3n) is 3.78. The van der Waals surface area contributed by atoms with Gasteiger partial charge < -0.3 is 14.5 Å². The molecule has 0 atom stereocenters. The van der Waals surface area contributed by atoms with Gasteiger partial charge in [0.25, 0.3) is 0 Å². The molecule has 1 rings (SSSR count). The number of unbranched alkanes of at least 4 members (excludes halogenated alkanes) is 1. The maximum atomic E-state index is 12.1. The van der Waals surface area contributed by atoms with E-state index in [2.05, 4.69) is 0 Å². The van der Waals surface area contributed by atoms with E-state index in [4.69, 9.17) is 4.74 Å². The molecule has 1 saturated heterocycles. The van der Waals surface area contributed by atoms with Crippen molar-refractivity contribution in [1.82, 2.24) is 9.80 Å². The van der Waals surface area contributed by atoms with Crippen LogP contribution in [0.25, 0.3) is 0 Å². The lowest BCUT2D eigenvalue weighted by atomic mass is 9.97. The molecule has 1 heterocycles. The Hall–Kier alpha value is -1.59. The molecule has 1 aliphatic rings. The lowest BCUT2D eigenvalue weighted by Crippen LogP contribution is -2.48. The average molecular weight is 298 g/mol. The van der Waals surface area contributed by atoms with E-state index < -0.39 is 11.8 Å². The molecule has 0 aromatic carbocycles. The van der Waals surface area contributed by atoms with Crippen molar-refractivity contribution < 1.29 is 19.1 Å². The van der Waals surface area contributed by atoms with Crippen molar-refractivity contribution in [3.8, 4) is 0 Å². The Kier molecular flexibility index (Phi) is 7.19. The van der Waals surface area contributed by atoms with Crippen LogP contribution in [0, 0.1) is 5.92 Å². The fraction of sp³-hybridized carbons (Fsp3) is 0.800. The number of carbonyl (C=O) groups excluding carboxylic acids is 3. The third kappa shape index (κ3) is 5.02. The van der Waals surface area contributed by atoms with Gasteiger partial charge in [-0.1, -0.05) is 13.3 Å². The van der Waals surface area contributed by atoms with Crippen LogP contribution in [0.1, 0.15) is 39.5 Å². The van der Waals surface area contributed by atoms with Gasteiger partial charge >= 0.3 is 17.8 Å². The molecule has 0 aliphatic carbocycles. The van der Waals surface area contributed by atoms with E-state index in [1.54, 1.807) is 18.9 Å². The van der Waals surface area contributed by atoms with Gasteiger partial charge in [0.1, 0.15) is 0 Å². The maximum Gasteiger partial charge on any atom is 0.312 e. The quantitative estimate of drug-likeness (QED) is 0.562. The Morgan fingerprint density at radius 1 is 1.19 bits per heavy atom. The Morgan fingerprint density at radius 2 is 1.81 bits per heavy atom. The normalized spacial score (nSPS) is 15.7. The molecule has 1 fully saturated rings. The molecular weight excluding hydrogens is 272 g/mol. The highest BCUT2D eigenvalue weighted by atomic mass is 16.5. The number of piperidine rings is 1. The van der Waals surface area contributed by atoms with Gasteiger partial charge in [0, 0.05) is 26.7 Å². The number of rotatable bonds is 5. The van der Waals surface area contributed by atoms with Crippen LogP contribution in [0.5, 0.6) is 0 Å². The molecule has 0 unspecified atom stereocenters. The van der Waals surface area contributed by atoms with E-state index in [0.717, 1.165) is 12.8 Å². The van der Waals surface area contributed by atoms with Crippen molar-refractivity contribution in [2.75, 3.05) is 33.3 Å². The molecule has 6 heteroatoms. The number of carbonyl (C=O) groups is 3. The Bertz CT molecular complexity index is 376. The molecule has 0 aromatic heterocycles. The van der Waals surface area contributed by atoms with Crippen molar-refractivity contribution in [2.45, 2.75) is 39.5 Å². The first-order valence-electron chi connectivity index (χ1n) is 7.72. The van der Waals surface area contributed by atoms with Gasteiger partial charge in [-0.05, 0) is 26.2 Å². The minimum atomic E-state index is -0.462. The topological polar surface area (TPSA) is 66.9 Å². The van der Waals surface area contributed by atoms with Crippen LogP contribution in [0.15, 0.2) is 0 Å². The van der Waals surface area contributed by atoms with Gasteiger partial charge in [-0.25, -0.2) is 0 Å². The number of ether oxygens (including phenoxy) is 1. The molecule has 2 amide bonds. The molecule has 0 radical (unpaired) electrons. The van der Waals surface area contributed by atoms with Crippen LogP contribution < -0.4 is 0 Å². The smallest absolute Gasteiger partial charge is 0.312 e. The van der Waals surface area contributed by atoms with E-state index in [1.165, 1.54) is 4.90 Å². The summed E-state index contributed by atoms with van der Waals surface area (Å²) in [5.41, 5.74) is 0. The molecule has 0 spiro atoms. The molecule has 0 N–H and O–H groups in total. The second-order valence-corrected chi connectivity index (χ2v) is 5.40. The molecular formula is C15H26N2O4. The van der Waals surface area contributed by atoms with Gasteiger partial charge in [-0.2, -0.15) is 0 Å². The van der Waals surface area contributed by atoms with Gasteiger partial charge in [0.2, 0.25) is 0 Å². The van der Waals surface area contributed by atoms with E-state index in [1.807, 2.05) is 6.92 Å². The summed E-state index contributed by atoms with van der Waals surface area (Å²) in [5.74, 6) is -1.27. The summed E-state index contributed by atoms with van der Waals surface area (Å²) in [7, 11) is 1.65. The molecule has 0 saturated carbocycles. The standard InChI is InChI=1S/C15H26N2O4/c1-4-6-9-16(3)13(18)14(19)17-10-7-12(8-11-17)15(20)21-5-2/h12H,4-11H2,1-3H3. The van der Waals surface area contributed by atoms with Crippen molar-refractivity contribution in [3.63, 3.8) is 0 Å². The zero-order valence-corrected chi connectivity index (χ0v) is 13.3. The number of likely N-dealkylation sites (N-methyl/N-ethyl adjacent to an activating group) is 1. The van der Waals surface area contributed by atoms with Gasteiger partial charge in [0.15, 0.2) is 0 Å². The number of likely N-dealkylation sites (tertiary alicyclic amines) is 1. The fourth-order valence-corrected chi connectivity index (χ4v) is 2.37. The highest BCUT2D eigenvalue weighted by Gasteiger charge is 2.31. The Labute approximate surface area is 126 Å². The largest absolute Gasteiger partial charge is 0.466 e. The van der Waals surface area contributed by atoms with Crippen molar-refractivity contribution in [2.24, 2.45) is 5.92 Å². The SMILES string of the molecule is CCCCN(C)C(=O)C(=O)N1CCC(C(=O)OCC)CC1. The number of amides is 2. The first-order valence-corrected chi connectivity index (χ1v) is 7.72. The molecule has 0 aromatic rings. The number of nitrogens with zero attached hydrogens (tertiary/aromatic N) is 2. The van der Waals surface area contributed by atoms with Crippen LogP contribution in [0.4, 0.5) is 0 Å². The summed E-state index contributed by atoms with van der Waals surface area (Å²) in [4.78, 5) is 38.8. The van der Waals surface area contributed by atoms with Crippen LogP contribution >= 0.6 is 0 Å². The highest BCUT2D eigenvalue weighted by molar-refractivity contribution is 6.34. The molecule has 21 heavy (non-hydrogen) atoms. The second kappa shape index (κ2) is 8.64. The van der Waals surface area contributed by atoms with Gasteiger partial charge in [0.05, 0.1) is 12.5 Å². The molecule has 1 aliphatic heterocycles. The minimum Gasteiger partial charge on any atom is -0.466 e. The Balaban J connectivity index is 2.44. The van der Waals surface area contributed by atoms with E-state index >= 15 is 0 Å². The first-order chi connectivity index (χ1) is 10.0. The van der Waals surface area contributed by atoms with Crippen molar-refractivity contribution in [3.05, 3.63) is 0 Å². The fourth-order valence-electron chi connectivity index (χ4n) is 2.37. The maximum absolute atomic E-state index is 12.1. The summed E-state index contributed by atoms with van der Waals surface area (Å²) >= 11 is 0. The zero-order valence-electron chi connectivity index (χ0n) is 13.3. The number of hydrogen-bond donors (Lipinski definition) is 0. The van der Waals surface area contributed by atoms with Gasteiger partial charge in [-0.3, -0.25) is 14.4 Å². The number of hydrogen-bond acceptors (Lipinski definition) is 4. The van der Waals surface area contributed by atoms with Crippen LogP contribution in [-0.2, 0) is 19.1 Å². The van der Waals surface area contributed by atoms with Crippen molar-refractivity contribution >= 4 is 17.8 Å². The van der Waals surface area contributed by atoms with E-state index in [0.29, 0.717) is 39.1 Å².